The van der Waals surface area contributed by atoms with E-state index in [1.807, 2.05) is 54.6 Å². The topological polar surface area (TPSA) is 53.5 Å². The summed E-state index contributed by atoms with van der Waals surface area (Å²) in [4.78, 5) is 12.7. The van der Waals surface area contributed by atoms with Gasteiger partial charge in [0.25, 0.3) is 0 Å². The Morgan fingerprint density at radius 3 is 2.42 bits per heavy atom. The Morgan fingerprint density at radius 2 is 1.65 bits per heavy atom. The van der Waals surface area contributed by atoms with Crippen LogP contribution < -0.4 is 10.7 Å². The maximum absolute atomic E-state index is 12.7. The molecular formula is C21H17N3OS. The van der Waals surface area contributed by atoms with Crippen LogP contribution in [0.4, 0.5) is 0 Å². The quantitative estimate of drug-likeness (QED) is 0.553. The van der Waals surface area contributed by atoms with Gasteiger partial charge in [-0.15, -0.1) is 0 Å². The van der Waals surface area contributed by atoms with Crippen molar-refractivity contribution >= 4 is 39.6 Å². The number of benzene rings is 3. The molecule has 3 aromatic rings. The summed E-state index contributed by atoms with van der Waals surface area (Å²) >= 11 is 5.27. The van der Waals surface area contributed by atoms with E-state index in [1.54, 1.807) is 0 Å². The number of hydrogen-bond acceptors (Lipinski definition) is 3. The Morgan fingerprint density at radius 1 is 0.923 bits per heavy atom. The molecule has 4 nitrogen and oxygen atoms in total. The number of hydrazone groups is 1. The molecule has 4 rings (SSSR count). The number of carbonyl (C=O) groups is 1. The van der Waals surface area contributed by atoms with Crippen LogP contribution in [0.25, 0.3) is 10.8 Å². The molecular weight excluding hydrogens is 342 g/mol. The van der Waals surface area contributed by atoms with E-state index in [0.717, 1.165) is 22.8 Å². The molecule has 0 spiro atoms. The first-order valence-electron chi connectivity index (χ1n) is 8.46. The molecule has 0 aromatic heterocycles. The molecule has 0 radical (unpaired) electrons. The van der Waals surface area contributed by atoms with Gasteiger partial charge in [-0.05, 0) is 29.6 Å². The van der Waals surface area contributed by atoms with E-state index in [0.29, 0.717) is 22.9 Å². The van der Waals surface area contributed by atoms with Gasteiger partial charge in [-0.3, -0.25) is 10.2 Å². The van der Waals surface area contributed by atoms with E-state index < -0.39 is 0 Å². The van der Waals surface area contributed by atoms with Gasteiger partial charge in [0.1, 0.15) is 5.71 Å². The second-order valence-electron chi connectivity index (χ2n) is 6.10. The first-order chi connectivity index (χ1) is 12.7. The Balaban J connectivity index is 1.44. The minimum Gasteiger partial charge on any atom is -0.361 e. The molecule has 1 aliphatic carbocycles. The lowest BCUT2D eigenvalue weighted by Crippen LogP contribution is -2.34. The Kier molecular flexibility index (Phi) is 4.46. The van der Waals surface area contributed by atoms with E-state index in [-0.39, 0.29) is 5.78 Å². The monoisotopic (exact) mass is 359 g/mol. The fourth-order valence-electron chi connectivity index (χ4n) is 3.20. The first-order valence-corrected chi connectivity index (χ1v) is 8.87. The summed E-state index contributed by atoms with van der Waals surface area (Å²) in [6, 6.07) is 21.8. The summed E-state index contributed by atoms with van der Waals surface area (Å²) in [6.45, 7) is 0.699. The lowest BCUT2D eigenvalue weighted by atomic mass is 10.1. The zero-order valence-electron chi connectivity index (χ0n) is 14.0. The number of nitrogens with zero attached hydrogens (tertiary/aromatic N) is 1. The molecule has 0 amide bonds. The van der Waals surface area contributed by atoms with Crippen LogP contribution in [0.2, 0.25) is 0 Å². The van der Waals surface area contributed by atoms with E-state index in [1.165, 1.54) is 5.56 Å². The second-order valence-corrected chi connectivity index (χ2v) is 6.51. The predicted octanol–water partition coefficient (Wildman–Crippen LogP) is 3.45. The Labute approximate surface area is 156 Å². The third-order valence-electron chi connectivity index (χ3n) is 4.43. The maximum atomic E-state index is 12.7. The van der Waals surface area contributed by atoms with Crippen LogP contribution in [-0.4, -0.2) is 23.2 Å². The van der Waals surface area contributed by atoms with Gasteiger partial charge in [0.15, 0.2) is 5.11 Å². The highest BCUT2D eigenvalue weighted by Gasteiger charge is 2.28. The third-order valence-corrected chi connectivity index (χ3v) is 4.67. The molecule has 0 saturated heterocycles. The van der Waals surface area contributed by atoms with Crippen molar-refractivity contribution in [3.05, 3.63) is 83.4 Å². The van der Waals surface area contributed by atoms with Crippen LogP contribution in [0.15, 0.2) is 71.8 Å². The Hall–Kier alpha value is -3.05. The molecule has 2 N–H and O–H groups in total. The van der Waals surface area contributed by atoms with Gasteiger partial charge in [-0.1, -0.05) is 66.7 Å². The van der Waals surface area contributed by atoms with Crippen molar-refractivity contribution in [2.24, 2.45) is 5.10 Å². The van der Waals surface area contributed by atoms with Gasteiger partial charge >= 0.3 is 0 Å². The SMILES string of the molecule is O=C1/C(=N\NC(=S)NCCc2ccccc2)c2cccc3cccc1c23. The lowest BCUT2D eigenvalue weighted by Gasteiger charge is -2.08. The van der Waals surface area contributed by atoms with Crippen molar-refractivity contribution in [2.45, 2.75) is 6.42 Å². The molecule has 0 unspecified atom stereocenters. The fraction of sp³-hybridized carbons (Fsp3) is 0.0952. The van der Waals surface area contributed by atoms with Crippen LogP contribution >= 0.6 is 12.2 Å². The van der Waals surface area contributed by atoms with Gasteiger partial charge in [0.2, 0.25) is 5.78 Å². The molecule has 0 atom stereocenters. The van der Waals surface area contributed by atoms with E-state index >= 15 is 0 Å². The van der Waals surface area contributed by atoms with Gasteiger partial charge in [0, 0.05) is 23.1 Å². The van der Waals surface area contributed by atoms with Crippen LogP contribution in [0.3, 0.4) is 0 Å². The number of ketones is 1. The predicted molar refractivity (Wildman–Crippen MR) is 109 cm³/mol. The zero-order valence-corrected chi connectivity index (χ0v) is 14.8. The van der Waals surface area contributed by atoms with Crippen molar-refractivity contribution < 1.29 is 4.79 Å². The summed E-state index contributed by atoms with van der Waals surface area (Å²) in [6.07, 6.45) is 0.864. The number of rotatable bonds is 4. The van der Waals surface area contributed by atoms with E-state index in [2.05, 4.69) is 28.0 Å². The van der Waals surface area contributed by atoms with Gasteiger partial charge in [-0.25, -0.2) is 0 Å². The van der Waals surface area contributed by atoms with Gasteiger partial charge in [-0.2, -0.15) is 5.10 Å². The van der Waals surface area contributed by atoms with Crippen molar-refractivity contribution in [1.29, 1.82) is 0 Å². The lowest BCUT2D eigenvalue weighted by molar-refractivity contribution is 0.106. The number of carbonyl (C=O) groups excluding carboxylic acids is 1. The van der Waals surface area contributed by atoms with Gasteiger partial charge in [0.05, 0.1) is 0 Å². The zero-order chi connectivity index (χ0) is 17.9. The van der Waals surface area contributed by atoms with Crippen LogP contribution in [0.5, 0.6) is 0 Å². The van der Waals surface area contributed by atoms with Crippen LogP contribution in [0, 0.1) is 0 Å². The number of nitrogens with one attached hydrogen (secondary N) is 2. The van der Waals surface area contributed by atoms with Crippen molar-refractivity contribution in [1.82, 2.24) is 10.7 Å². The van der Waals surface area contributed by atoms with Crippen LogP contribution in [-0.2, 0) is 6.42 Å². The number of Topliss-reactive ketones (excluding diaryl/α,β-unsaturated/α-hetero) is 1. The smallest absolute Gasteiger partial charge is 0.214 e. The highest BCUT2D eigenvalue weighted by Crippen LogP contribution is 2.30. The molecule has 0 heterocycles. The maximum Gasteiger partial charge on any atom is 0.214 e. The standard InChI is InChI=1S/C21H17N3OS/c25-20-17-11-5-9-15-8-4-10-16(18(15)17)19(20)23-24-21(26)22-13-12-14-6-2-1-3-7-14/h1-11H,12-13H2,(H2,22,24,26)/b23-19-. The molecule has 1 aliphatic rings. The van der Waals surface area contributed by atoms with E-state index in [9.17, 15) is 4.79 Å². The van der Waals surface area contributed by atoms with E-state index in [4.69, 9.17) is 12.2 Å². The number of hydrogen-bond donors (Lipinski definition) is 2. The average Bonchev–Trinajstić information content (AvgIpc) is 2.95. The average molecular weight is 359 g/mol. The molecule has 0 fully saturated rings. The Bertz CT molecular complexity index is 1020. The first kappa shape index (κ1) is 16.4. The summed E-state index contributed by atoms with van der Waals surface area (Å²) in [5, 5.41) is 9.81. The number of thiocarbonyl (C=S) groups is 1. The molecule has 128 valence electrons. The summed E-state index contributed by atoms with van der Waals surface area (Å²) in [7, 11) is 0. The summed E-state index contributed by atoms with van der Waals surface area (Å²) in [5.41, 5.74) is 6.00. The largest absolute Gasteiger partial charge is 0.361 e. The molecule has 26 heavy (non-hydrogen) atoms. The molecule has 0 aliphatic heterocycles. The molecule has 0 bridgehead atoms. The molecule has 5 heteroatoms. The highest BCUT2D eigenvalue weighted by atomic mass is 32.1. The fourth-order valence-corrected chi connectivity index (χ4v) is 3.35. The van der Waals surface area contributed by atoms with Gasteiger partial charge < -0.3 is 5.32 Å². The van der Waals surface area contributed by atoms with Crippen molar-refractivity contribution in [3.8, 4) is 0 Å². The third kappa shape index (κ3) is 3.09. The highest BCUT2D eigenvalue weighted by molar-refractivity contribution is 7.80. The summed E-state index contributed by atoms with van der Waals surface area (Å²) in [5.74, 6) is -0.0728. The summed E-state index contributed by atoms with van der Waals surface area (Å²) < 4.78 is 0. The minimum atomic E-state index is -0.0728. The van der Waals surface area contributed by atoms with Crippen molar-refractivity contribution in [2.75, 3.05) is 6.54 Å². The molecule has 0 saturated carbocycles. The normalized spacial score (nSPS) is 14.0. The molecule has 3 aromatic carbocycles. The second kappa shape index (κ2) is 7.06. The van der Waals surface area contributed by atoms with Crippen molar-refractivity contribution in [3.63, 3.8) is 0 Å². The van der Waals surface area contributed by atoms with Crippen LogP contribution in [0.1, 0.15) is 21.5 Å². The minimum absolute atomic E-state index is 0.0728.